The Morgan fingerprint density at radius 1 is 0.769 bits per heavy atom. The Kier molecular flexibility index (Phi) is 9.80. The van der Waals surface area contributed by atoms with Crippen LogP contribution in [0.4, 0.5) is 0 Å². The van der Waals surface area contributed by atoms with Gasteiger partial charge in [0.15, 0.2) is 16.6 Å². The minimum Gasteiger partial charge on any atom is -0.410 e. The third kappa shape index (κ3) is 7.50. The molecule has 1 fully saturated rings. The lowest BCUT2D eigenvalue weighted by Crippen LogP contribution is -2.49. The predicted octanol–water partition coefficient (Wildman–Crippen LogP) is 8.62. The second-order valence-electron chi connectivity index (χ2n) is 14.2. The molecule has 0 saturated heterocycles. The maximum atomic E-state index is 12.3. The van der Waals surface area contributed by atoms with Crippen molar-refractivity contribution in [2.45, 2.75) is 103 Å². The lowest BCUT2D eigenvalue weighted by Gasteiger charge is -2.46. The van der Waals surface area contributed by atoms with Gasteiger partial charge in [-0.15, -0.1) is 0 Å². The van der Waals surface area contributed by atoms with E-state index >= 15 is 0 Å². The molecule has 2 atom stereocenters. The van der Waals surface area contributed by atoms with E-state index in [1.165, 1.54) is 5.57 Å². The molecule has 1 saturated carbocycles. The molecular formula is C33H52O3PSi2+. The molecule has 0 heterocycles. The quantitative estimate of drug-likeness (QED) is 0.192. The van der Waals surface area contributed by atoms with Gasteiger partial charge >= 0.3 is 0 Å². The predicted molar refractivity (Wildman–Crippen MR) is 177 cm³/mol. The van der Waals surface area contributed by atoms with Gasteiger partial charge < -0.3 is 8.85 Å². The summed E-state index contributed by atoms with van der Waals surface area (Å²) in [4.78, 5) is 12.3. The summed E-state index contributed by atoms with van der Waals surface area (Å²) in [5.74, 6) is 0. The molecule has 39 heavy (non-hydrogen) atoms. The molecule has 0 amide bonds. The molecule has 6 heteroatoms. The summed E-state index contributed by atoms with van der Waals surface area (Å²) in [5, 5.41) is 2.24. The van der Waals surface area contributed by atoms with Crippen molar-refractivity contribution in [3.8, 4) is 0 Å². The average molecular weight is 584 g/mol. The van der Waals surface area contributed by atoms with Crippen molar-refractivity contribution in [2.24, 2.45) is 0 Å². The van der Waals surface area contributed by atoms with Crippen LogP contribution in [0.15, 0.2) is 84.5 Å². The largest absolute Gasteiger partial charge is 0.410 e. The van der Waals surface area contributed by atoms with Crippen LogP contribution in [0.25, 0.3) is 0 Å². The topological polar surface area (TPSA) is 38.7 Å². The van der Waals surface area contributed by atoms with E-state index in [1.54, 1.807) is 0 Å². The van der Waals surface area contributed by atoms with Crippen LogP contribution in [0.5, 0.6) is 0 Å². The molecular weight excluding hydrogens is 532 g/mol. The van der Waals surface area contributed by atoms with Gasteiger partial charge in [0.1, 0.15) is 16.8 Å². The summed E-state index contributed by atoms with van der Waals surface area (Å²) in [6, 6.07) is 20.4. The van der Waals surface area contributed by atoms with E-state index in [0.717, 1.165) is 29.0 Å². The Balaban J connectivity index is 2.00. The van der Waals surface area contributed by atoms with E-state index in [2.05, 4.69) is 105 Å². The molecule has 1 aliphatic carbocycles. The van der Waals surface area contributed by atoms with Crippen LogP contribution in [-0.2, 0) is 8.85 Å². The minimum atomic E-state index is -2.59. The highest BCUT2D eigenvalue weighted by atomic mass is 31.2. The van der Waals surface area contributed by atoms with Gasteiger partial charge in [-0.05, 0) is 85.0 Å². The SMILES string of the molecule is C=C1[C@H](O[Si](C)(C)C(C)(C)C)CC(=CC[P+](O)(c2ccccc2)c2ccccc2)C[C@H]1O[Si](C)(C)C(C)(C)C. The smallest absolute Gasteiger partial charge is 0.210 e. The number of benzene rings is 2. The van der Waals surface area contributed by atoms with Crippen LogP contribution < -0.4 is 10.6 Å². The molecule has 1 N–H and O–H groups in total. The van der Waals surface area contributed by atoms with E-state index in [-0.39, 0.29) is 22.3 Å². The molecule has 0 unspecified atom stereocenters. The molecule has 0 bridgehead atoms. The molecule has 0 radical (unpaired) electrons. The Labute approximate surface area is 241 Å². The normalized spacial score (nSPS) is 19.8. The Morgan fingerprint density at radius 3 is 1.46 bits per heavy atom. The second kappa shape index (κ2) is 11.9. The number of allylic oxidation sites excluding steroid dienone is 1. The van der Waals surface area contributed by atoms with Crippen molar-refractivity contribution in [2.75, 3.05) is 6.16 Å². The summed E-state index contributed by atoms with van der Waals surface area (Å²) in [6.45, 7) is 27.6. The fraction of sp³-hybridized carbons (Fsp3) is 0.515. The highest BCUT2D eigenvalue weighted by Gasteiger charge is 2.46. The van der Waals surface area contributed by atoms with Gasteiger partial charge in [-0.2, -0.15) is 0 Å². The molecule has 2 aromatic carbocycles. The molecule has 2 aromatic rings. The Morgan fingerprint density at radius 2 is 1.13 bits per heavy atom. The number of hydrogen-bond donors (Lipinski definition) is 1. The maximum absolute atomic E-state index is 12.3. The van der Waals surface area contributed by atoms with Gasteiger partial charge in [0.2, 0.25) is 7.49 Å². The molecule has 1 aliphatic rings. The highest BCUT2D eigenvalue weighted by Crippen LogP contribution is 2.53. The lowest BCUT2D eigenvalue weighted by molar-refractivity contribution is 0.132. The first kappa shape index (κ1) is 32.2. The monoisotopic (exact) mass is 583 g/mol. The van der Waals surface area contributed by atoms with Gasteiger partial charge in [0.05, 0.1) is 12.2 Å². The number of rotatable bonds is 8. The van der Waals surface area contributed by atoms with E-state index in [0.29, 0.717) is 6.16 Å². The average Bonchev–Trinajstić information content (AvgIpc) is 2.84. The Hall–Kier alpha value is -1.34. The van der Waals surface area contributed by atoms with E-state index in [4.69, 9.17) is 8.85 Å². The zero-order valence-electron chi connectivity index (χ0n) is 26.0. The van der Waals surface area contributed by atoms with Crippen LogP contribution in [0.3, 0.4) is 0 Å². The zero-order chi connectivity index (χ0) is 29.3. The summed E-state index contributed by atoms with van der Waals surface area (Å²) >= 11 is 0. The van der Waals surface area contributed by atoms with Crippen molar-refractivity contribution >= 4 is 34.7 Å². The summed E-state index contributed by atoms with van der Waals surface area (Å²) < 4.78 is 14.0. The van der Waals surface area contributed by atoms with Crippen LogP contribution in [0.1, 0.15) is 54.4 Å². The van der Waals surface area contributed by atoms with Gasteiger partial charge in [-0.25, -0.2) is 4.89 Å². The number of hydrogen-bond acceptors (Lipinski definition) is 3. The van der Waals surface area contributed by atoms with Crippen LogP contribution >= 0.6 is 7.49 Å². The third-order valence-electron chi connectivity index (χ3n) is 9.22. The highest BCUT2D eigenvalue weighted by molar-refractivity contribution is 7.84. The summed E-state index contributed by atoms with van der Waals surface area (Å²) in [6.07, 6.45) is 4.38. The molecule has 3 rings (SSSR count). The summed E-state index contributed by atoms with van der Waals surface area (Å²) in [5.41, 5.74) is 2.39. The molecule has 3 nitrogen and oxygen atoms in total. The molecule has 0 aliphatic heterocycles. The van der Waals surface area contributed by atoms with Gasteiger partial charge in [0.25, 0.3) is 0 Å². The first-order chi connectivity index (χ1) is 17.9. The van der Waals surface area contributed by atoms with Gasteiger partial charge in [0, 0.05) is 0 Å². The van der Waals surface area contributed by atoms with Crippen molar-refractivity contribution in [3.05, 3.63) is 84.5 Å². The first-order valence-electron chi connectivity index (χ1n) is 14.3. The van der Waals surface area contributed by atoms with E-state index < -0.39 is 24.1 Å². The molecule has 214 valence electrons. The molecule has 0 spiro atoms. The van der Waals surface area contributed by atoms with Crippen molar-refractivity contribution in [1.29, 1.82) is 0 Å². The van der Waals surface area contributed by atoms with Crippen LogP contribution in [0, 0.1) is 0 Å². The lowest BCUT2D eigenvalue weighted by atomic mass is 9.86. The van der Waals surface area contributed by atoms with Crippen LogP contribution in [0.2, 0.25) is 36.3 Å². The van der Waals surface area contributed by atoms with Crippen molar-refractivity contribution < 1.29 is 13.7 Å². The molecule has 0 aromatic heterocycles. The van der Waals surface area contributed by atoms with Gasteiger partial charge in [-0.1, -0.05) is 90.1 Å². The minimum absolute atomic E-state index is 0.0689. The first-order valence-corrected chi connectivity index (χ1v) is 22.1. The standard InChI is InChI=1S/C33H52O3PSi2/c1-26-30(35-38(8,9)32(2,3)4)24-27(25-31(26)36-39(10,11)33(5,6)7)22-23-37(34,28-18-14-12-15-19-28)29-20-16-13-17-21-29/h12-22,30-31,34H,1,23-25H2,2-11H3/q+1/t30-,31-/m1/s1. The fourth-order valence-corrected chi connectivity index (χ4v) is 9.64. The van der Waals surface area contributed by atoms with E-state index in [1.807, 2.05) is 36.4 Å². The Bertz CT molecular complexity index is 1060. The second-order valence-corrected chi connectivity index (χ2v) is 26.7. The summed E-state index contributed by atoms with van der Waals surface area (Å²) in [7, 11) is -6.65. The third-order valence-corrected chi connectivity index (χ3v) is 21.2. The van der Waals surface area contributed by atoms with Crippen molar-refractivity contribution in [3.63, 3.8) is 0 Å². The van der Waals surface area contributed by atoms with Crippen molar-refractivity contribution in [1.82, 2.24) is 0 Å². The fourth-order valence-electron chi connectivity index (χ4n) is 4.47. The van der Waals surface area contributed by atoms with Gasteiger partial charge in [-0.3, -0.25) is 0 Å². The maximum Gasteiger partial charge on any atom is 0.210 e. The van der Waals surface area contributed by atoms with E-state index in [9.17, 15) is 4.89 Å². The zero-order valence-corrected chi connectivity index (χ0v) is 28.9. The van der Waals surface area contributed by atoms with Crippen LogP contribution in [-0.4, -0.2) is 39.9 Å².